The second kappa shape index (κ2) is 6.37. The standard InChI is InChI=1S/C15H15ClN2O3/c1-21-10-4-2-9(3-5-10)6-13(18-17)11-7-12(16)15(20)8-14(11)19/h2-5,7-8,19-20H,6,17H2,1H3. The van der Waals surface area contributed by atoms with Gasteiger partial charge in [0.1, 0.15) is 17.2 Å². The third-order valence-electron chi connectivity index (χ3n) is 3.06. The number of rotatable bonds is 4. The van der Waals surface area contributed by atoms with E-state index in [-0.39, 0.29) is 16.5 Å². The van der Waals surface area contributed by atoms with Gasteiger partial charge < -0.3 is 20.8 Å². The maximum Gasteiger partial charge on any atom is 0.137 e. The van der Waals surface area contributed by atoms with E-state index in [4.69, 9.17) is 22.2 Å². The molecule has 0 aromatic heterocycles. The molecule has 0 amide bonds. The lowest BCUT2D eigenvalue weighted by molar-refractivity contribution is 0.414. The second-order valence-electron chi connectivity index (χ2n) is 4.42. The first-order valence-corrected chi connectivity index (χ1v) is 6.54. The number of hydrogen-bond acceptors (Lipinski definition) is 5. The molecule has 110 valence electrons. The van der Waals surface area contributed by atoms with Crippen molar-refractivity contribution in [3.8, 4) is 17.2 Å². The van der Waals surface area contributed by atoms with E-state index < -0.39 is 0 Å². The third kappa shape index (κ3) is 3.38. The average molecular weight is 307 g/mol. The maximum absolute atomic E-state index is 9.90. The lowest BCUT2D eigenvalue weighted by Crippen LogP contribution is -2.08. The Kier molecular flexibility index (Phi) is 4.55. The Morgan fingerprint density at radius 2 is 1.86 bits per heavy atom. The maximum atomic E-state index is 9.90. The minimum Gasteiger partial charge on any atom is -0.507 e. The number of hydrazone groups is 1. The molecule has 4 N–H and O–H groups in total. The lowest BCUT2D eigenvalue weighted by Gasteiger charge is -2.10. The fraction of sp³-hybridized carbons (Fsp3) is 0.133. The molecule has 0 aliphatic rings. The summed E-state index contributed by atoms with van der Waals surface area (Å²) in [5.74, 6) is 5.84. The van der Waals surface area contributed by atoms with E-state index in [1.807, 2.05) is 24.3 Å². The van der Waals surface area contributed by atoms with Gasteiger partial charge in [-0.15, -0.1) is 0 Å². The number of nitrogens with zero attached hydrogens (tertiary/aromatic N) is 1. The number of benzene rings is 2. The number of phenols is 2. The van der Waals surface area contributed by atoms with Crippen molar-refractivity contribution < 1.29 is 14.9 Å². The van der Waals surface area contributed by atoms with E-state index in [9.17, 15) is 10.2 Å². The average Bonchev–Trinajstić information content (AvgIpc) is 2.49. The van der Waals surface area contributed by atoms with Gasteiger partial charge in [-0.1, -0.05) is 23.7 Å². The summed E-state index contributed by atoms with van der Waals surface area (Å²) in [7, 11) is 1.60. The molecule has 0 aliphatic heterocycles. The van der Waals surface area contributed by atoms with Gasteiger partial charge in [0.25, 0.3) is 0 Å². The summed E-state index contributed by atoms with van der Waals surface area (Å²) in [6.07, 6.45) is 0.412. The Hall–Kier alpha value is -2.40. The number of methoxy groups -OCH3 is 1. The fourth-order valence-electron chi connectivity index (χ4n) is 1.93. The molecule has 5 nitrogen and oxygen atoms in total. The highest BCUT2D eigenvalue weighted by molar-refractivity contribution is 6.32. The van der Waals surface area contributed by atoms with E-state index in [2.05, 4.69) is 5.10 Å². The van der Waals surface area contributed by atoms with Crippen molar-refractivity contribution in [2.24, 2.45) is 10.9 Å². The van der Waals surface area contributed by atoms with E-state index >= 15 is 0 Å². The predicted octanol–water partition coefficient (Wildman–Crippen LogP) is 2.67. The number of aromatic hydroxyl groups is 2. The highest BCUT2D eigenvalue weighted by atomic mass is 35.5. The van der Waals surface area contributed by atoms with E-state index in [0.29, 0.717) is 17.7 Å². The van der Waals surface area contributed by atoms with Crippen LogP contribution in [0.25, 0.3) is 0 Å². The molecular formula is C15H15ClN2O3. The number of ether oxygens (including phenoxy) is 1. The Labute approximate surface area is 127 Å². The van der Waals surface area contributed by atoms with Gasteiger partial charge in [-0.25, -0.2) is 0 Å². The van der Waals surface area contributed by atoms with Gasteiger partial charge in [0.05, 0.1) is 17.8 Å². The first kappa shape index (κ1) is 15.0. The monoisotopic (exact) mass is 306 g/mol. The van der Waals surface area contributed by atoms with Gasteiger partial charge in [-0.2, -0.15) is 5.10 Å². The van der Waals surface area contributed by atoms with Gasteiger partial charge in [-0.3, -0.25) is 0 Å². The molecule has 0 saturated heterocycles. The van der Waals surface area contributed by atoms with Gasteiger partial charge in [-0.05, 0) is 23.8 Å². The number of hydrogen-bond donors (Lipinski definition) is 3. The molecule has 21 heavy (non-hydrogen) atoms. The summed E-state index contributed by atoms with van der Waals surface area (Å²) >= 11 is 5.86. The highest BCUT2D eigenvalue weighted by Gasteiger charge is 2.13. The van der Waals surface area contributed by atoms with Crippen LogP contribution in [-0.4, -0.2) is 23.0 Å². The summed E-state index contributed by atoms with van der Waals surface area (Å²) < 4.78 is 5.09. The predicted molar refractivity (Wildman–Crippen MR) is 82.2 cm³/mol. The largest absolute Gasteiger partial charge is 0.507 e. The molecule has 0 heterocycles. The molecule has 0 radical (unpaired) electrons. The number of phenolic OH excluding ortho intramolecular Hbond substituents is 2. The molecule has 0 fully saturated rings. The minimum atomic E-state index is -0.196. The van der Waals surface area contributed by atoms with Crippen LogP contribution in [0.2, 0.25) is 5.02 Å². The van der Waals surface area contributed by atoms with Crippen LogP contribution in [0.1, 0.15) is 11.1 Å². The molecule has 0 saturated carbocycles. The molecule has 2 aromatic carbocycles. The van der Waals surface area contributed by atoms with Crippen LogP contribution < -0.4 is 10.6 Å². The van der Waals surface area contributed by atoms with Crippen molar-refractivity contribution in [3.63, 3.8) is 0 Å². The minimum absolute atomic E-state index is 0.124. The van der Waals surface area contributed by atoms with Crippen LogP contribution in [0, 0.1) is 0 Å². The van der Waals surface area contributed by atoms with Crippen LogP contribution in [0.3, 0.4) is 0 Å². The van der Waals surface area contributed by atoms with Crippen LogP contribution in [0.4, 0.5) is 0 Å². The number of nitrogens with two attached hydrogens (primary N) is 1. The highest BCUT2D eigenvalue weighted by Crippen LogP contribution is 2.31. The summed E-state index contributed by atoms with van der Waals surface area (Å²) in [5.41, 5.74) is 1.79. The first-order chi connectivity index (χ1) is 10.0. The van der Waals surface area contributed by atoms with E-state index in [1.54, 1.807) is 7.11 Å². The normalized spacial score (nSPS) is 11.4. The van der Waals surface area contributed by atoms with Crippen molar-refractivity contribution in [2.45, 2.75) is 6.42 Å². The second-order valence-corrected chi connectivity index (χ2v) is 4.83. The van der Waals surface area contributed by atoms with E-state index in [1.165, 1.54) is 6.07 Å². The lowest BCUT2D eigenvalue weighted by atomic mass is 10.0. The molecule has 0 atom stereocenters. The molecule has 2 rings (SSSR count). The zero-order valence-electron chi connectivity index (χ0n) is 11.4. The zero-order valence-corrected chi connectivity index (χ0v) is 12.1. The molecule has 6 heteroatoms. The zero-order chi connectivity index (χ0) is 15.4. The molecule has 2 aromatic rings. The Bertz CT molecular complexity index is 669. The van der Waals surface area contributed by atoms with Crippen LogP contribution in [-0.2, 0) is 6.42 Å². The molecular weight excluding hydrogens is 292 g/mol. The topological polar surface area (TPSA) is 88.1 Å². The summed E-state index contributed by atoms with van der Waals surface area (Å²) in [5, 5.41) is 23.2. The fourth-order valence-corrected chi connectivity index (χ4v) is 2.09. The van der Waals surface area contributed by atoms with Gasteiger partial charge in [0, 0.05) is 18.1 Å². The van der Waals surface area contributed by atoms with Crippen molar-refractivity contribution in [3.05, 3.63) is 52.5 Å². The van der Waals surface area contributed by atoms with Gasteiger partial charge in [0.15, 0.2) is 0 Å². The molecule has 0 bridgehead atoms. The first-order valence-electron chi connectivity index (χ1n) is 6.16. The van der Waals surface area contributed by atoms with Crippen molar-refractivity contribution in [1.82, 2.24) is 0 Å². The quantitative estimate of drug-likeness (QED) is 0.460. The summed E-state index contributed by atoms with van der Waals surface area (Å²) in [4.78, 5) is 0. The Balaban J connectivity index is 2.30. The van der Waals surface area contributed by atoms with E-state index in [0.717, 1.165) is 17.4 Å². The SMILES string of the molecule is COc1ccc(CC(=NN)c2cc(Cl)c(O)cc2O)cc1. The van der Waals surface area contributed by atoms with Crippen LogP contribution in [0.15, 0.2) is 41.5 Å². The van der Waals surface area contributed by atoms with Crippen molar-refractivity contribution in [2.75, 3.05) is 7.11 Å². The van der Waals surface area contributed by atoms with Crippen molar-refractivity contribution in [1.29, 1.82) is 0 Å². The van der Waals surface area contributed by atoms with Crippen LogP contribution in [0.5, 0.6) is 17.2 Å². The van der Waals surface area contributed by atoms with Crippen LogP contribution >= 0.6 is 11.6 Å². The van der Waals surface area contributed by atoms with Crippen molar-refractivity contribution >= 4 is 17.3 Å². The van der Waals surface area contributed by atoms with Gasteiger partial charge in [0.2, 0.25) is 0 Å². The molecule has 0 aliphatic carbocycles. The summed E-state index contributed by atoms with van der Waals surface area (Å²) in [6.45, 7) is 0. The smallest absolute Gasteiger partial charge is 0.137 e. The third-order valence-corrected chi connectivity index (χ3v) is 3.37. The Morgan fingerprint density at radius 1 is 1.19 bits per heavy atom. The molecule has 0 unspecified atom stereocenters. The summed E-state index contributed by atoms with van der Waals surface area (Å²) in [6, 6.07) is 10.0. The Morgan fingerprint density at radius 3 is 2.43 bits per heavy atom. The number of halogens is 1. The molecule has 0 spiro atoms. The van der Waals surface area contributed by atoms with Gasteiger partial charge >= 0.3 is 0 Å².